The van der Waals surface area contributed by atoms with Crippen molar-refractivity contribution in [3.05, 3.63) is 76.6 Å². The van der Waals surface area contributed by atoms with Gasteiger partial charge in [-0.3, -0.25) is 14.7 Å². The van der Waals surface area contributed by atoms with E-state index in [1.165, 1.54) is 0 Å². The zero-order valence-corrected chi connectivity index (χ0v) is 16.5. The minimum absolute atomic E-state index is 0.139. The summed E-state index contributed by atoms with van der Waals surface area (Å²) in [6.45, 7) is 3.14. The van der Waals surface area contributed by atoms with Crippen LogP contribution in [0.5, 0.6) is 0 Å². The predicted molar refractivity (Wildman–Crippen MR) is 114 cm³/mol. The van der Waals surface area contributed by atoms with Crippen LogP contribution >= 0.6 is 11.6 Å². The zero-order chi connectivity index (χ0) is 19.8. The van der Waals surface area contributed by atoms with Crippen molar-refractivity contribution >= 4 is 34.7 Å². The lowest BCUT2D eigenvalue weighted by molar-refractivity contribution is -0.114. The first-order valence-corrected chi connectivity index (χ1v) is 9.94. The van der Waals surface area contributed by atoms with E-state index < -0.39 is 0 Å². The molecule has 0 atom stereocenters. The number of fused-ring (bicyclic) bond motifs is 3. The van der Waals surface area contributed by atoms with Crippen LogP contribution in [-0.4, -0.2) is 55.2 Å². The van der Waals surface area contributed by atoms with Gasteiger partial charge in [-0.2, -0.15) is 0 Å². The Kier molecular flexibility index (Phi) is 4.66. The monoisotopic (exact) mass is 406 g/mol. The Morgan fingerprint density at radius 2 is 1.86 bits per heavy atom. The van der Waals surface area contributed by atoms with Crippen LogP contribution in [0.3, 0.4) is 0 Å². The van der Waals surface area contributed by atoms with Crippen molar-refractivity contribution in [3.63, 3.8) is 0 Å². The van der Waals surface area contributed by atoms with Crippen LogP contribution in [0, 0.1) is 0 Å². The molecule has 3 aliphatic heterocycles. The molecule has 0 radical (unpaired) electrons. The number of amidine groups is 1. The number of rotatable bonds is 2. The first-order chi connectivity index (χ1) is 14.2. The van der Waals surface area contributed by atoms with Crippen LogP contribution in [0.25, 0.3) is 0 Å². The second kappa shape index (κ2) is 7.46. The Morgan fingerprint density at radius 3 is 2.66 bits per heavy atom. The molecule has 1 amide bonds. The second-order valence-electron chi connectivity index (χ2n) is 7.02. The van der Waals surface area contributed by atoms with Crippen molar-refractivity contribution in [2.75, 3.05) is 37.7 Å². The lowest BCUT2D eigenvalue weighted by Crippen LogP contribution is -2.35. The predicted octanol–water partition coefficient (Wildman–Crippen LogP) is 3.11. The molecule has 2 aromatic rings. The average Bonchev–Trinajstić information content (AvgIpc) is 2.96. The number of aliphatic imine (C=N–C) groups is 2. The maximum absolute atomic E-state index is 13.3. The smallest absolute Gasteiger partial charge is 0.284 e. The number of ether oxygens (including phenoxy) is 1. The fourth-order valence-corrected chi connectivity index (χ4v) is 3.93. The highest BCUT2D eigenvalue weighted by molar-refractivity contribution is 6.34. The molecule has 1 saturated heterocycles. The van der Waals surface area contributed by atoms with Crippen molar-refractivity contribution < 1.29 is 9.53 Å². The van der Waals surface area contributed by atoms with Crippen LogP contribution in [-0.2, 0) is 9.53 Å². The summed E-state index contributed by atoms with van der Waals surface area (Å²) in [5.74, 6) is 0.489. The van der Waals surface area contributed by atoms with Crippen molar-refractivity contribution in [2.24, 2.45) is 9.98 Å². The average molecular weight is 407 g/mol. The number of carbonyl (C=O) groups excluding carboxylic acids is 1. The maximum atomic E-state index is 13.3. The van der Waals surface area contributed by atoms with Gasteiger partial charge in [0.25, 0.3) is 5.91 Å². The number of hydrogen-bond acceptors (Lipinski definition) is 5. The molecule has 0 N–H and O–H groups in total. The first kappa shape index (κ1) is 18.1. The molecule has 0 saturated carbocycles. The SMILES string of the molecule is O=C1C(=CN2CCOCC2)N=C2CN=C(c3ccccc3)c3cc(Cl)ccc3N12. The fraction of sp³-hybridized carbons (Fsp3) is 0.227. The van der Waals surface area contributed by atoms with Gasteiger partial charge < -0.3 is 9.64 Å². The Labute approximate surface area is 173 Å². The van der Waals surface area contributed by atoms with Crippen LogP contribution in [0.2, 0.25) is 5.02 Å². The van der Waals surface area contributed by atoms with Crippen LogP contribution in [0.1, 0.15) is 11.1 Å². The van der Waals surface area contributed by atoms with Crippen LogP contribution < -0.4 is 4.90 Å². The van der Waals surface area contributed by atoms with E-state index in [1.807, 2.05) is 48.7 Å². The number of morpholine rings is 1. The van der Waals surface area contributed by atoms with Crippen LogP contribution in [0.15, 0.2) is 70.4 Å². The quantitative estimate of drug-likeness (QED) is 0.720. The third kappa shape index (κ3) is 3.34. The minimum Gasteiger partial charge on any atom is -0.378 e. The molecular formula is C22H19ClN4O2. The fourth-order valence-electron chi connectivity index (χ4n) is 3.76. The Morgan fingerprint density at radius 1 is 1.07 bits per heavy atom. The van der Waals surface area contributed by atoms with E-state index in [1.54, 1.807) is 11.0 Å². The molecule has 146 valence electrons. The molecule has 3 heterocycles. The lowest BCUT2D eigenvalue weighted by atomic mass is 10.00. The van der Waals surface area contributed by atoms with E-state index in [-0.39, 0.29) is 5.91 Å². The van der Waals surface area contributed by atoms with Gasteiger partial charge in [0.1, 0.15) is 11.5 Å². The molecule has 0 spiro atoms. The molecule has 3 aliphatic rings. The summed E-state index contributed by atoms with van der Waals surface area (Å²) in [4.78, 5) is 26.4. The number of benzene rings is 2. The first-order valence-electron chi connectivity index (χ1n) is 9.56. The van der Waals surface area contributed by atoms with Gasteiger partial charge in [0.05, 0.1) is 31.2 Å². The molecule has 0 unspecified atom stereocenters. The van der Waals surface area contributed by atoms with Crippen molar-refractivity contribution in [1.29, 1.82) is 0 Å². The summed E-state index contributed by atoms with van der Waals surface area (Å²) < 4.78 is 5.38. The van der Waals surface area contributed by atoms with Crippen molar-refractivity contribution in [1.82, 2.24) is 4.90 Å². The third-order valence-electron chi connectivity index (χ3n) is 5.16. The highest BCUT2D eigenvalue weighted by Gasteiger charge is 2.35. The van der Waals surface area contributed by atoms with Gasteiger partial charge >= 0.3 is 0 Å². The number of carbonyl (C=O) groups is 1. The Balaban J connectivity index is 1.59. The topological polar surface area (TPSA) is 57.5 Å². The molecular weight excluding hydrogens is 388 g/mol. The third-order valence-corrected chi connectivity index (χ3v) is 5.40. The van der Waals surface area contributed by atoms with Crippen molar-refractivity contribution in [2.45, 2.75) is 0 Å². The van der Waals surface area contributed by atoms with Gasteiger partial charge in [0.15, 0.2) is 0 Å². The molecule has 0 aromatic heterocycles. The van der Waals surface area contributed by atoms with Gasteiger partial charge in [-0.1, -0.05) is 41.9 Å². The van der Waals surface area contributed by atoms with E-state index in [0.29, 0.717) is 36.3 Å². The zero-order valence-electron chi connectivity index (χ0n) is 15.7. The number of hydrogen-bond donors (Lipinski definition) is 0. The number of nitrogens with zero attached hydrogens (tertiary/aromatic N) is 4. The molecule has 0 aliphatic carbocycles. The molecule has 2 aromatic carbocycles. The lowest BCUT2D eigenvalue weighted by Gasteiger charge is -2.25. The number of anilines is 1. The summed E-state index contributed by atoms with van der Waals surface area (Å²) in [7, 11) is 0. The van der Waals surface area contributed by atoms with Gasteiger partial charge in [-0.05, 0) is 18.2 Å². The minimum atomic E-state index is -0.139. The highest BCUT2D eigenvalue weighted by atomic mass is 35.5. The van der Waals surface area contributed by atoms with E-state index in [0.717, 1.165) is 35.6 Å². The Hall–Kier alpha value is -2.96. The van der Waals surface area contributed by atoms with Gasteiger partial charge in [-0.25, -0.2) is 4.99 Å². The number of amides is 1. The normalized spacial score (nSPS) is 20.2. The van der Waals surface area contributed by atoms with E-state index in [9.17, 15) is 4.79 Å². The van der Waals surface area contributed by atoms with Gasteiger partial charge in [-0.15, -0.1) is 0 Å². The maximum Gasteiger partial charge on any atom is 0.284 e. The summed E-state index contributed by atoms with van der Waals surface area (Å²) in [6.07, 6.45) is 1.84. The van der Waals surface area contributed by atoms with Gasteiger partial charge in [0.2, 0.25) is 0 Å². The van der Waals surface area contributed by atoms with E-state index in [4.69, 9.17) is 21.3 Å². The highest BCUT2D eigenvalue weighted by Crippen LogP contribution is 2.33. The molecule has 6 nitrogen and oxygen atoms in total. The summed E-state index contributed by atoms with van der Waals surface area (Å²) >= 11 is 6.30. The second-order valence-corrected chi connectivity index (χ2v) is 7.46. The standard InChI is InChI=1S/C22H19ClN4O2/c23-16-6-7-19-17(12-16)21(15-4-2-1-3-5-15)24-13-20-25-18(22(28)27(19)20)14-26-8-10-29-11-9-26/h1-7,12,14H,8-11,13H2. The van der Waals surface area contributed by atoms with Crippen molar-refractivity contribution in [3.8, 4) is 0 Å². The molecule has 7 heteroatoms. The van der Waals surface area contributed by atoms with Crippen LogP contribution in [0.4, 0.5) is 5.69 Å². The summed E-state index contributed by atoms with van der Waals surface area (Å²) in [5.41, 5.74) is 3.81. The molecule has 0 bridgehead atoms. The largest absolute Gasteiger partial charge is 0.378 e. The summed E-state index contributed by atoms with van der Waals surface area (Å²) in [6, 6.07) is 15.5. The van der Waals surface area contributed by atoms with E-state index >= 15 is 0 Å². The van der Waals surface area contributed by atoms with E-state index in [2.05, 4.69) is 9.89 Å². The molecule has 5 rings (SSSR count). The molecule has 1 fully saturated rings. The summed E-state index contributed by atoms with van der Waals surface area (Å²) in [5, 5.41) is 0.600. The Bertz CT molecular complexity index is 1060. The molecule has 29 heavy (non-hydrogen) atoms. The number of halogens is 1. The van der Waals surface area contributed by atoms with Gasteiger partial charge in [0, 0.05) is 35.4 Å².